The predicted octanol–water partition coefficient (Wildman–Crippen LogP) is 3.27. The molecule has 1 amide bonds. The third-order valence-electron chi connectivity index (χ3n) is 5.06. The average molecular weight is 383 g/mol. The molecule has 0 saturated carbocycles. The monoisotopic (exact) mass is 382 g/mol. The summed E-state index contributed by atoms with van der Waals surface area (Å²) in [6.45, 7) is 6.17. The Labute approximate surface area is 162 Å². The molecule has 1 unspecified atom stereocenters. The standard InChI is InChI=1S/C20H30N2O3.ClH/c1-2-13-22(20(23)8-7-16-9-11-21-12-10-16)14-17-15-24-18-5-3-4-6-19(18)25-17;/h3-6,16-17,21H,2,7-15H2,1H3;1H. The molecule has 2 aliphatic heterocycles. The highest BCUT2D eigenvalue weighted by Crippen LogP contribution is 2.31. The van der Waals surface area contributed by atoms with Gasteiger partial charge in [0, 0.05) is 13.0 Å². The first kappa shape index (κ1) is 20.8. The lowest BCUT2D eigenvalue weighted by atomic mass is 9.93. The number of nitrogens with one attached hydrogen (secondary N) is 1. The van der Waals surface area contributed by atoms with Gasteiger partial charge in [0.05, 0.1) is 6.54 Å². The largest absolute Gasteiger partial charge is 0.486 e. The van der Waals surface area contributed by atoms with E-state index in [-0.39, 0.29) is 24.4 Å². The lowest BCUT2D eigenvalue weighted by Gasteiger charge is -2.32. The van der Waals surface area contributed by atoms with Gasteiger partial charge in [0.1, 0.15) is 6.61 Å². The van der Waals surface area contributed by atoms with E-state index in [1.165, 1.54) is 12.8 Å². The number of ether oxygens (including phenoxy) is 2. The second kappa shape index (κ2) is 10.6. The Morgan fingerprint density at radius 2 is 1.96 bits per heavy atom. The van der Waals surface area contributed by atoms with E-state index in [1.54, 1.807) is 0 Å². The van der Waals surface area contributed by atoms with Crippen LogP contribution in [-0.4, -0.2) is 49.7 Å². The minimum absolute atomic E-state index is 0. The minimum Gasteiger partial charge on any atom is -0.486 e. The molecular weight excluding hydrogens is 352 g/mol. The Morgan fingerprint density at radius 1 is 1.23 bits per heavy atom. The van der Waals surface area contributed by atoms with Gasteiger partial charge in [-0.2, -0.15) is 0 Å². The van der Waals surface area contributed by atoms with Crippen molar-refractivity contribution in [2.45, 2.75) is 45.1 Å². The van der Waals surface area contributed by atoms with Gasteiger partial charge in [0.15, 0.2) is 17.6 Å². The SMILES string of the molecule is CCCN(CC1COc2ccccc2O1)C(=O)CCC1CCNCC1.Cl. The van der Waals surface area contributed by atoms with Gasteiger partial charge in [-0.3, -0.25) is 4.79 Å². The molecule has 0 radical (unpaired) electrons. The second-order valence-electron chi connectivity index (χ2n) is 7.07. The number of hydrogen-bond acceptors (Lipinski definition) is 4. The number of hydrogen-bond donors (Lipinski definition) is 1. The molecule has 2 aliphatic rings. The van der Waals surface area contributed by atoms with Gasteiger partial charge in [0.2, 0.25) is 5.91 Å². The maximum absolute atomic E-state index is 12.7. The molecule has 0 spiro atoms. The quantitative estimate of drug-likeness (QED) is 0.786. The van der Waals surface area contributed by atoms with Gasteiger partial charge in [-0.1, -0.05) is 19.1 Å². The molecule has 2 heterocycles. The summed E-state index contributed by atoms with van der Waals surface area (Å²) in [5.74, 6) is 2.51. The van der Waals surface area contributed by atoms with E-state index in [1.807, 2.05) is 29.2 Å². The first-order valence-electron chi connectivity index (χ1n) is 9.63. The maximum atomic E-state index is 12.7. The van der Waals surface area contributed by atoms with Crippen LogP contribution in [0, 0.1) is 5.92 Å². The molecule has 1 fully saturated rings. The first-order valence-corrected chi connectivity index (χ1v) is 9.63. The van der Waals surface area contributed by atoms with Crippen LogP contribution in [0.15, 0.2) is 24.3 Å². The fourth-order valence-electron chi connectivity index (χ4n) is 3.64. The van der Waals surface area contributed by atoms with E-state index in [4.69, 9.17) is 9.47 Å². The highest BCUT2D eigenvalue weighted by Gasteiger charge is 2.25. The summed E-state index contributed by atoms with van der Waals surface area (Å²) < 4.78 is 11.8. The summed E-state index contributed by atoms with van der Waals surface area (Å²) in [6.07, 6.45) is 4.91. The molecule has 1 aromatic carbocycles. The number of rotatable bonds is 7. The predicted molar refractivity (Wildman–Crippen MR) is 105 cm³/mol. The Morgan fingerprint density at radius 3 is 2.69 bits per heavy atom. The van der Waals surface area contributed by atoms with E-state index in [0.717, 1.165) is 44.0 Å². The van der Waals surface area contributed by atoms with E-state index in [2.05, 4.69) is 12.2 Å². The summed E-state index contributed by atoms with van der Waals surface area (Å²) >= 11 is 0. The Kier molecular flexibility index (Phi) is 8.52. The zero-order valence-electron chi connectivity index (χ0n) is 15.6. The minimum atomic E-state index is -0.0933. The molecule has 3 rings (SSSR count). The Hall–Kier alpha value is -1.46. The van der Waals surface area contributed by atoms with Crippen LogP contribution < -0.4 is 14.8 Å². The summed E-state index contributed by atoms with van der Waals surface area (Å²) in [4.78, 5) is 14.7. The van der Waals surface area contributed by atoms with Gasteiger partial charge in [-0.05, 0) is 56.8 Å². The van der Waals surface area contributed by atoms with E-state index in [0.29, 0.717) is 25.5 Å². The van der Waals surface area contributed by atoms with Gasteiger partial charge in [-0.25, -0.2) is 0 Å². The van der Waals surface area contributed by atoms with Crippen molar-refractivity contribution >= 4 is 18.3 Å². The molecule has 1 N–H and O–H groups in total. The van der Waals surface area contributed by atoms with Crippen molar-refractivity contribution in [1.29, 1.82) is 0 Å². The molecule has 6 heteroatoms. The average Bonchev–Trinajstić information content (AvgIpc) is 2.66. The maximum Gasteiger partial charge on any atom is 0.222 e. The van der Waals surface area contributed by atoms with Crippen molar-refractivity contribution in [3.8, 4) is 11.5 Å². The van der Waals surface area contributed by atoms with Gasteiger partial charge >= 0.3 is 0 Å². The lowest BCUT2D eigenvalue weighted by Crippen LogP contribution is -2.44. The van der Waals surface area contributed by atoms with Crippen molar-refractivity contribution < 1.29 is 14.3 Å². The van der Waals surface area contributed by atoms with Crippen LogP contribution in [0.1, 0.15) is 39.0 Å². The molecule has 5 nitrogen and oxygen atoms in total. The summed E-state index contributed by atoms with van der Waals surface area (Å²) in [5.41, 5.74) is 0. The van der Waals surface area contributed by atoms with Crippen molar-refractivity contribution in [2.75, 3.05) is 32.8 Å². The van der Waals surface area contributed by atoms with Crippen molar-refractivity contribution in [1.82, 2.24) is 10.2 Å². The van der Waals surface area contributed by atoms with Gasteiger partial charge in [0.25, 0.3) is 0 Å². The fourth-order valence-corrected chi connectivity index (χ4v) is 3.64. The molecular formula is C20H31ClN2O3. The number of benzene rings is 1. The van der Waals surface area contributed by atoms with Gasteiger partial charge < -0.3 is 19.7 Å². The fraction of sp³-hybridized carbons (Fsp3) is 0.650. The number of nitrogens with zero attached hydrogens (tertiary/aromatic N) is 1. The topological polar surface area (TPSA) is 50.8 Å². The molecule has 146 valence electrons. The van der Waals surface area contributed by atoms with Crippen molar-refractivity contribution in [2.24, 2.45) is 5.92 Å². The third kappa shape index (κ3) is 5.78. The Balaban J connectivity index is 0.00000243. The van der Waals surface area contributed by atoms with Crippen LogP contribution in [-0.2, 0) is 4.79 Å². The number of fused-ring (bicyclic) bond motifs is 1. The van der Waals surface area contributed by atoms with E-state index >= 15 is 0 Å². The highest BCUT2D eigenvalue weighted by atomic mass is 35.5. The second-order valence-corrected chi connectivity index (χ2v) is 7.07. The van der Waals surface area contributed by atoms with Gasteiger partial charge in [-0.15, -0.1) is 12.4 Å². The van der Waals surface area contributed by atoms with Crippen LogP contribution in [0.2, 0.25) is 0 Å². The van der Waals surface area contributed by atoms with E-state index in [9.17, 15) is 4.79 Å². The zero-order chi connectivity index (χ0) is 17.5. The van der Waals surface area contributed by atoms with Crippen molar-refractivity contribution in [3.05, 3.63) is 24.3 Å². The summed E-state index contributed by atoms with van der Waals surface area (Å²) in [7, 11) is 0. The van der Waals surface area contributed by atoms with Crippen molar-refractivity contribution in [3.63, 3.8) is 0 Å². The molecule has 1 saturated heterocycles. The number of amides is 1. The molecule has 0 aliphatic carbocycles. The lowest BCUT2D eigenvalue weighted by molar-refractivity contribution is -0.133. The number of piperidine rings is 1. The number of para-hydroxylation sites is 2. The summed E-state index contributed by atoms with van der Waals surface area (Å²) in [5, 5.41) is 3.38. The number of carbonyl (C=O) groups excluding carboxylic acids is 1. The smallest absolute Gasteiger partial charge is 0.222 e. The zero-order valence-corrected chi connectivity index (χ0v) is 16.4. The molecule has 1 aromatic rings. The van der Waals surface area contributed by atoms with Crippen LogP contribution in [0.3, 0.4) is 0 Å². The normalized spacial score (nSPS) is 19.5. The Bertz CT molecular complexity index is 564. The van der Waals surface area contributed by atoms with E-state index < -0.39 is 0 Å². The highest BCUT2D eigenvalue weighted by molar-refractivity contribution is 5.85. The number of halogens is 1. The third-order valence-corrected chi connectivity index (χ3v) is 5.06. The number of carbonyl (C=O) groups is 1. The first-order chi connectivity index (χ1) is 12.3. The van der Waals surface area contributed by atoms with Crippen LogP contribution in [0.4, 0.5) is 0 Å². The van der Waals surface area contributed by atoms with Crippen LogP contribution in [0.5, 0.6) is 11.5 Å². The van der Waals surface area contributed by atoms with Crippen LogP contribution >= 0.6 is 12.4 Å². The molecule has 26 heavy (non-hydrogen) atoms. The molecule has 0 aromatic heterocycles. The summed E-state index contributed by atoms with van der Waals surface area (Å²) in [6, 6.07) is 7.72. The van der Waals surface area contributed by atoms with Crippen LogP contribution in [0.25, 0.3) is 0 Å². The molecule has 0 bridgehead atoms. The molecule has 1 atom stereocenters.